The van der Waals surface area contributed by atoms with Gasteiger partial charge in [-0.05, 0) is 24.3 Å². The van der Waals surface area contributed by atoms with Crippen molar-refractivity contribution in [2.24, 2.45) is 0 Å². The quantitative estimate of drug-likeness (QED) is 0.717. The van der Waals surface area contributed by atoms with Gasteiger partial charge in [0.15, 0.2) is 0 Å². The Kier molecular flexibility index (Phi) is 5.44. The van der Waals surface area contributed by atoms with E-state index in [1.165, 1.54) is 0 Å². The van der Waals surface area contributed by atoms with E-state index in [0.29, 0.717) is 17.9 Å². The Morgan fingerprint density at radius 3 is 2.56 bits per heavy atom. The number of rotatable bonds is 7. The van der Waals surface area contributed by atoms with Crippen molar-refractivity contribution in [1.82, 2.24) is 5.32 Å². The molecular weight excluding hydrogens is 234 g/mol. The van der Waals surface area contributed by atoms with Crippen LogP contribution in [0.3, 0.4) is 0 Å². The van der Waals surface area contributed by atoms with E-state index in [2.05, 4.69) is 11.9 Å². The van der Waals surface area contributed by atoms with Gasteiger partial charge in [0, 0.05) is 12.1 Å². The van der Waals surface area contributed by atoms with Gasteiger partial charge in [-0.25, -0.2) is 0 Å². The van der Waals surface area contributed by atoms with Crippen molar-refractivity contribution in [1.29, 1.82) is 0 Å². The number of carbonyl (C=O) groups is 2. The Labute approximate surface area is 105 Å². The lowest BCUT2D eigenvalue weighted by Gasteiger charge is -2.05. The standard InChI is InChI=1S/C13H15NO4/c1-2-9-18-11-5-3-10(4-6-11)13(17)14-8-7-12(15)16/h2-6H,1,7-9H2,(H,14,17)(H,15,16). The average molecular weight is 249 g/mol. The van der Waals surface area contributed by atoms with Gasteiger partial charge in [0.25, 0.3) is 5.91 Å². The summed E-state index contributed by atoms with van der Waals surface area (Å²) < 4.78 is 5.28. The van der Waals surface area contributed by atoms with Crippen LogP contribution in [-0.4, -0.2) is 30.1 Å². The molecular formula is C13H15NO4. The van der Waals surface area contributed by atoms with Crippen molar-refractivity contribution in [3.63, 3.8) is 0 Å². The molecule has 1 amide bonds. The van der Waals surface area contributed by atoms with Crippen LogP contribution in [0.4, 0.5) is 0 Å². The lowest BCUT2D eigenvalue weighted by Crippen LogP contribution is -2.25. The van der Waals surface area contributed by atoms with Crippen molar-refractivity contribution < 1.29 is 19.4 Å². The topological polar surface area (TPSA) is 75.6 Å². The number of carbonyl (C=O) groups excluding carboxylic acids is 1. The fraction of sp³-hybridized carbons (Fsp3) is 0.231. The minimum Gasteiger partial charge on any atom is -0.490 e. The molecule has 0 spiro atoms. The highest BCUT2D eigenvalue weighted by Crippen LogP contribution is 2.12. The van der Waals surface area contributed by atoms with Crippen molar-refractivity contribution >= 4 is 11.9 Å². The van der Waals surface area contributed by atoms with Crippen LogP contribution in [0.5, 0.6) is 5.75 Å². The van der Waals surface area contributed by atoms with E-state index in [0.717, 1.165) is 0 Å². The monoisotopic (exact) mass is 249 g/mol. The maximum Gasteiger partial charge on any atom is 0.305 e. The SMILES string of the molecule is C=CCOc1ccc(C(=O)NCCC(=O)O)cc1. The zero-order valence-electron chi connectivity index (χ0n) is 9.89. The maximum atomic E-state index is 11.6. The van der Waals surface area contributed by atoms with Gasteiger partial charge < -0.3 is 15.2 Å². The van der Waals surface area contributed by atoms with Gasteiger partial charge in [0.2, 0.25) is 0 Å². The molecule has 0 heterocycles. The highest BCUT2D eigenvalue weighted by Gasteiger charge is 2.05. The summed E-state index contributed by atoms with van der Waals surface area (Å²) in [6.07, 6.45) is 1.54. The molecule has 0 fully saturated rings. The van der Waals surface area contributed by atoms with Gasteiger partial charge in [0.05, 0.1) is 6.42 Å². The minimum absolute atomic E-state index is 0.0910. The summed E-state index contributed by atoms with van der Waals surface area (Å²) in [6.45, 7) is 4.05. The lowest BCUT2D eigenvalue weighted by molar-refractivity contribution is -0.136. The van der Waals surface area contributed by atoms with Crippen LogP contribution in [0.1, 0.15) is 16.8 Å². The van der Waals surface area contributed by atoms with Gasteiger partial charge in [-0.2, -0.15) is 0 Å². The summed E-state index contributed by atoms with van der Waals surface area (Å²) in [5.74, 6) is -0.591. The molecule has 0 aromatic heterocycles. The fourth-order valence-electron chi connectivity index (χ4n) is 1.24. The van der Waals surface area contributed by atoms with Crippen LogP contribution in [0.2, 0.25) is 0 Å². The molecule has 0 aliphatic heterocycles. The first-order valence-electron chi connectivity index (χ1n) is 5.47. The van der Waals surface area contributed by atoms with Gasteiger partial charge in [0.1, 0.15) is 12.4 Å². The van der Waals surface area contributed by atoms with Crippen molar-refractivity contribution in [2.45, 2.75) is 6.42 Å². The molecule has 0 saturated carbocycles. The highest BCUT2D eigenvalue weighted by atomic mass is 16.5. The summed E-state index contributed by atoms with van der Waals surface area (Å²) in [7, 11) is 0. The number of carboxylic acid groups (broad SMARTS) is 1. The number of ether oxygens (including phenoxy) is 1. The molecule has 0 aliphatic rings. The van der Waals surface area contributed by atoms with E-state index in [-0.39, 0.29) is 18.9 Å². The zero-order valence-corrected chi connectivity index (χ0v) is 9.89. The third-order valence-electron chi connectivity index (χ3n) is 2.11. The number of hydrogen-bond donors (Lipinski definition) is 2. The van der Waals surface area contributed by atoms with E-state index < -0.39 is 5.97 Å². The summed E-state index contributed by atoms with van der Waals surface area (Å²) in [5, 5.41) is 11.0. The average Bonchev–Trinajstić information content (AvgIpc) is 2.36. The number of aliphatic carboxylic acids is 1. The Bertz CT molecular complexity index is 425. The van der Waals surface area contributed by atoms with Crippen molar-refractivity contribution in [3.8, 4) is 5.75 Å². The second kappa shape index (κ2) is 7.11. The molecule has 1 aromatic carbocycles. The third kappa shape index (κ3) is 4.69. The van der Waals surface area contributed by atoms with Gasteiger partial charge in [-0.1, -0.05) is 12.7 Å². The molecule has 1 aromatic rings. The smallest absolute Gasteiger partial charge is 0.305 e. The van der Waals surface area contributed by atoms with Gasteiger partial charge in [-0.15, -0.1) is 0 Å². The van der Waals surface area contributed by atoms with E-state index in [1.807, 2.05) is 0 Å². The van der Waals surface area contributed by atoms with E-state index >= 15 is 0 Å². The number of carboxylic acids is 1. The molecule has 0 aliphatic carbocycles. The summed E-state index contributed by atoms with van der Waals surface area (Å²) in [6, 6.07) is 6.59. The predicted molar refractivity (Wildman–Crippen MR) is 66.7 cm³/mol. The summed E-state index contributed by atoms with van der Waals surface area (Å²) in [4.78, 5) is 21.9. The predicted octanol–water partition coefficient (Wildman–Crippen LogP) is 1.46. The molecule has 0 saturated heterocycles. The first kappa shape index (κ1) is 13.8. The molecule has 5 heteroatoms. The van der Waals surface area contributed by atoms with E-state index in [1.54, 1.807) is 30.3 Å². The zero-order chi connectivity index (χ0) is 13.4. The second-order valence-corrected chi connectivity index (χ2v) is 3.52. The third-order valence-corrected chi connectivity index (χ3v) is 2.11. The molecule has 96 valence electrons. The normalized spacial score (nSPS) is 9.56. The Balaban J connectivity index is 2.48. The molecule has 2 N–H and O–H groups in total. The second-order valence-electron chi connectivity index (χ2n) is 3.52. The molecule has 5 nitrogen and oxygen atoms in total. The summed E-state index contributed by atoms with van der Waals surface area (Å²) >= 11 is 0. The molecule has 0 unspecified atom stereocenters. The number of benzene rings is 1. The number of hydrogen-bond acceptors (Lipinski definition) is 3. The molecule has 1 rings (SSSR count). The first-order valence-corrected chi connectivity index (χ1v) is 5.47. The van der Waals surface area contributed by atoms with Crippen LogP contribution in [0.25, 0.3) is 0 Å². The summed E-state index contributed by atoms with van der Waals surface area (Å²) in [5.41, 5.74) is 0.464. The minimum atomic E-state index is -0.941. The number of nitrogens with one attached hydrogen (secondary N) is 1. The van der Waals surface area contributed by atoms with Crippen molar-refractivity contribution in [2.75, 3.05) is 13.2 Å². The first-order chi connectivity index (χ1) is 8.63. The fourth-order valence-corrected chi connectivity index (χ4v) is 1.24. The van der Waals surface area contributed by atoms with Crippen LogP contribution in [0.15, 0.2) is 36.9 Å². The molecule has 0 atom stereocenters. The van der Waals surface area contributed by atoms with Gasteiger partial charge >= 0.3 is 5.97 Å². The van der Waals surface area contributed by atoms with Gasteiger partial charge in [-0.3, -0.25) is 9.59 Å². The number of amides is 1. The van der Waals surface area contributed by atoms with Crippen LogP contribution in [0, 0.1) is 0 Å². The van der Waals surface area contributed by atoms with Crippen LogP contribution < -0.4 is 10.1 Å². The maximum absolute atomic E-state index is 11.6. The lowest BCUT2D eigenvalue weighted by atomic mass is 10.2. The Morgan fingerprint density at radius 2 is 2.00 bits per heavy atom. The Morgan fingerprint density at radius 1 is 1.33 bits per heavy atom. The van der Waals surface area contributed by atoms with Crippen molar-refractivity contribution in [3.05, 3.63) is 42.5 Å². The van der Waals surface area contributed by atoms with Crippen LogP contribution >= 0.6 is 0 Å². The highest BCUT2D eigenvalue weighted by molar-refractivity contribution is 5.94. The van der Waals surface area contributed by atoms with Crippen LogP contribution in [-0.2, 0) is 4.79 Å². The van der Waals surface area contributed by atoms with E-state index in [4.69, 9.17) is 9.84 Å². The molecule has 18 heavy (non-hydrogen) atoms. The molecule has 0 bridgehead atoms. The largest absolute Gasteiger partial charge is 0.490 e. The Hall–Kier alpha value is -2.30. The van der Waals surface area contributed by atoms with E-state index in [9.17, 15) is 9.59 Å². The molecule has 0 radical (unpaired) electrons.